The summed E-state index contributed by atoms with van der Waals surface area (Å²) in [6.07, 6.45) is 4.83. The first-order chi connectivity index (χ1) is 9.72. The van der Waals surface area contributed by atoms with E-state index in [9.17, 15) is 5.11 Å². The number of aromatic nitrogens is 1. The Morgan fingerprint density at radius 3 is 2.90 bits per heavy atom. The van der Waals surface area contributed by atoms with Gasteiger partial charge in [0.25, 0.3) is 0 Å². The first kappa shape index (κ1) is 14.3. The molecule has 4 nitrogen and oxygen atoms in total. The van der Waals surface area contributed by atoms with Gasteiger partial charge in [0.1, 0.15) is 0 Å². The molecule has 112 valence electrons. The summed E-state index contributed by atoms with van der Waals surface area (Å²) in [5, 5.41) is 10.6. The van der Waals surface area contributed by atoms with E-state index in [1.165, 1.54) is 25.8 Å². The van der Waals surface area contributed by atoms with Crippen LogP contribution in [0.4, 0.5) is 5.13 Å². The van der Waals surface area contributed by atoms with Crippen molar-refractivity contribution in [2.24, 2.45) is 5.92 Å². The predicted octanol–water partition coefficient (Wildman–Crippen LogP) is 2.12. The van der Waals surface area contributed by atoms with Gasteiger partial charge in [-0.2, -0.15) is 0 Å². The van der Waals surface area contributed by atoms with Crippen molar-refractivity contribution >= 4 is 16.5 Å². The maximum absolute atomic E-state index is 9.43. The molecule has 0 radical (unpaired) electrons. The Balaban J connectivity index is 1.74. The van der Waals surface area contributed by atoms with Crippen LogP contribution in [0.2, 0.25) is 0 Å². The summed E-state index contributed by atoms with van der Waals surface area (Å²) < 4.78 is 0. The molecule has 2 saturated heterocycles. The quantitative estimate of drug-likeness (QED) is 0.927. The van der Waals surface area contributed by atoms with E-state index in [0.717, 1.165) is 47.2 Å². The van der Waals surface area contributed by atoms with E-state index in [1.54, 1.807) is 11.3 Å². The van der Waals surface area contributed by atoms with Gasteiger partial charge in [0.2, 0.25) is 0 Å². The van der Waals surface area contributed by atoms with E-state index in [0.29, 0.717) is 0 Å². The molecular formula is C15H25N3OS. The normalized spacial score (nSPS) is 27.6. The van der Waals surface area contributed by atoms with Crippen molar-refractivity contribution in [2.75, 3.05) is 31.6 Å². The van der Waals surface area contributed by atoms with Crippen molar-refractivity contribution in [3.63, 3.8) is 0 Å². The Morgan fingerprint density at radius 1 is 1.35 bits per heavy atom. The molecule has 20 heavy (non-hydrogen) atoms. The second-order valence-corrected chi connectivity index (χ2v) is 7.13. The topological polar surface area (TPSA) is 39.6 Å². The average Bonchev–Trinajstić information content (AvgIpc) is 2.90. The van der Waals surface area contributed by atoms with Crippen LogP contribution in [0.25, 0.3) is 0 Å². The lowest BCUT2D eigenvalue weighted by Crippen LogP contribution is -2.52. The fraction of sp³-hybridized carbons (Fsp3) is 0.800. The standard InChI is InChI=1S/C15H25N3OS/c1-3-12-14(10-19)20-15(16-12)18-8-6-13-11(9-18)5-4-7-17(13)2/h11,13,19H,3-10H2,1-2H3. The SMILES string of the molecule is CCc1nc(N2CCC3C(CCCN3C)C2)sc1CO. The Labute approximate surface area is 125 Å². The summed E-state index contributed by atoms with van der Waals surface area (Å²) in [4.78, 5) is 10.8. The van der Waals surface area contributed by atoms with Crippen LogP contribution in [0, 0.1) is 5.92 Å². The number of aliphatic hydroxyl groups excluding tert-OH is 1. The molecule has 3 rings (SSSR count). The summed E-state index contributed by atoms with van der Waals surface area (Å²) in [5.41, 5.74) is 1.08. The highest BCUT2D eigenvalue weighted by Gasteiger charge is 2.35. The largest absolute Gasteiger partial charge is 0.391 e. The van der Waals surface area contributed by atoms with E-state index in [1.807, 2.05) is 0 Å². The molecule has 1 N–H and O–H groups in total. The van der Waals surface area contributed by atoms with Crippen molar-refractivity contribution in [3.8, 4) is 0 Å². The number of aliphatic hydroxyl groups is 1. The minimum atomic E-state index is 0.128. The summed E-state index contributed by atoms with van der Waals surface area (Å²) in [6, 6.07) is 0.767. The average molecular weight is 295 g/mol. The van der Waals surface area contributed by atoms with Crippen molar-refractivity contribution in [1.29, 1.82) is 0 Å². The molecule has 3 heterocycles. The van der Waals surface area contributed by atoms with Crippen LogP contribution < -0.4 is 4.90 Å². The molecule has 2 atom stereocenters. The number of likely N-dealkylation sites (tertiary alicyclic amines) is 1. The van der Waals surface area contributed by atoms with Gasteiger partial charge >= 0.3 is 0 Å². The van der Waals surface area contributed by atoms with Crippen molar-refractivity contribution in [1.82, 2.24) is 9.88 Å². The van der Waals surface area contributed by atoms with E-state index in [-0.39, 0.29) is 6.61 Å². The lowest BCUT2D eigenvalue weighted by Gasteiger charge is -2.45. The lowest BCUT2D eigenvalue weighted by atomic mass is 9.84. The van der Waals surface area contributed by atoms with Crippen LogP contribution in [0.5, 0.6) is 0 Å². The number of rotatable bonds is 3. The monoisotopic (exact) mass is 295 g/mol. The Bertz CT molecular complexity index is 440. The van der Waals surface area contributed by atoms with E-state index < -0.39 is 0 Å². The summed E-state index contributed by atoms with van der Waals surface area (Å²) >= 11 is 1.68. The highest BCUT2D eigenvalue weighted by molar-refractivity contribution is 7.15. The molecular weight excluding hydrogens is 270 g/mol. The zero-order chi connectivity index (χ0) is 14.1. The third kappa shape index (κ3) is 2.59. The smallest absolute Gasteiger partial charge is 0.185 e. The number of hydrogen-bond donors (Lipinski definition) is 1. The molecule has 2 aliphatic heterocycles. The number of thiazole rings is 1. The van der Waals surface area contributed by atoms with Gasteiger partial charge < -0.3 is 14.9 Å². The zero-order valence-electron chi connectivity index (χ0n) is 12.5. The maximum Gasteiger partial charge on any atom is 0.185 e. The van der Waals surface area contributed by atoms with Crippen LogP contribution in [0.1, 0.15) is 36.8 Å². The molecule has 0 aliphatic carbocycles. The Kier molecular flexibility index (Phi) is 4.29. The summed E-state index contributed by atoms with van der Waals surface area (Å²) in [7, 11) is 2.27. The van der Waals surface area contributed by atoms with E-state index in [2.05, 4.69) is 23.8 Å². The van der Waals surface area contributed by atoms with Crippen molar-refractivity contribution in [3.05, 3.63) is 10.6 Å². The van der Waals surface area contributed by atoms with Gasteiger partial charge in [0.05, 0.1) is 17.2 Å². The predicted molar refractivity (Wildman–Crippen MR) is 83.4 cm³/mol. The van der Waals surface area contributed by atoms with Gasteiger partial charge in [0.15, 0.2) is 5.13 Å². The molecule has 1 aromatic heterocycles. The van der Waals surface area contributed by atoms with Crippen LogP contribution in [-0.4, -0.2) is 47.7 Å². The summed E-state index contributed by atoms with van der Waals surface area (Å²) in [5.74, 6) is 0.786. The molecule has 0 bridgehead atoms. The second kappa shape index (κ2) is 6.00. The first-order valence-electron chi connectivity index (χ1n) is 7.77. The number of anilines is 1. The molecule has 0 saturated carbocycles. The van der Waals surface area contributed by atoms with Gasteiger partial charge in [-0.25, -0.2) is 4.98 Å². The van der Waals surface area contributed by atoms with Crippen LogP contribution in [0.3, 0.4) is 0 Å². The van der Waals surface area contributed by atoms with Crippen molar-refractivity contribution in [2.45, 2.75) is 45.3 Å². The molecule has 2 aliphatic rings. The number of fused-ring (bicyclic) bond motifs is 1. The molecule has 2 unspecified atom stereocenters. The minimum absolute atomic E-state index is 0.128. The molecule has 0 amide bonds. The van der Waals surface area contributed by atoms with Crippen LogP contribution in [0.15, 0.2) is 0 Å². The Hall–Kier alpha value is -0.650. The molecule has 5 heteroatoms. The van der Waals surface area contributed by atoms with E-state index >= 15 is 0 Å². The molecule has 0 aromatic carbocycles. The van der Waals surface area contributed by atoms with Gasteiger partial charge in [-0.1, -0.05) is 18.3 Å². The third-order valence-corrected chi connectivity index (χ3v) is 6.00. The second-order valence-electron chi connectivity index (χ2n) is 6.06. The molecule has 1 aromatic rings. The lowest BCUT2D eigenvalue weighted by molar-refractivity contribution is 0.102. The Morgan fingerprint density at radius 2 is 2.20 bits per heavy atom. The number of piperidine rings is 2. The number of nitrogens with zero attached hydrogens (tertiary/aromatic N) is 3. The zero-order valence-corrected chi connectivity index (χ0v) is 13.3. The number of hydrogen-bond acceptors (Lipinski definition) is 5. The van der Waals surface area contributed by atoms with Crippen LogP contribution >= 0.6 is 11.3 Å². The minimum Gasteiger partial charge on any atom is -0.391 e. The first-order valence-corrected chi connectivity index (χ1v) is 8.59. The molecule has 0 spiro atoms. The van der Waals surface area contributed by atoms with Crippen molar-refractivity contribution < 1.29 is 5.11 Å². The number of aryl methyl sites for hydroxylation is 1. The molecule has 2 fully saturated rings. The third-order valence-electron chi connectivity index (χ3n) is 4.86. The van der Waals surface area contributed by atoms with Crippen LogP contribution in [-0.2, 0) is 13.0 Å². The highest BCUT2D eigenvalue weighted by atomic mass is 32.1. The van der Waals surface area contributed by atoms with Gasteiger partial charge in [-0.05, 0) is 45.2 Å². The fourth-order valence-electron chi connectivity index (χ4n) is 3.73. The highest BCUT2D eigenvalue weighted by Crippen LogP contribution is 2.34. The van der Waals surface area contributed by atoms with Gasteiger partial charge in [0, 0.05) is 19.1 Å². The van der Waals surface area contributed by atoms with Gasteiger partial charge in [-0.15, -0.1) is 0 Å². The van der Waals surface area contributed by atoms with E-state index in [4.69, 9.17) is 4.98 Å². The van der Waals surface area contributed by atoms with Gasteiger partial charge in [-0.3, -0.25) is 0 Å². The fourth-order valence-corrected chi connectivity index (χ4v) is 4.77. The summed E-state index contributed by atoms with van der Waals surface area (Å²) in [6.45, 7) is 5.74. The maximum atomic E-state index is 9.43.